The molecule has 2 atom stereocenters. The second kappa shape index (κ2) is 6.70. The number of aliphatic carboxylic acids is 1. The van der Waals surface area contributed by atoms with E-state index in [2.05, 4.69) is 5.32 Å². The van der Waals surface area contributed by atoms with Crippen LogP contribution in [0.3, 0.4) is 0 Å². The average molecular weight is 263 g/mol. The molecule has 1 aromatic rings. The highest BCUT2D eigenvalue weighted by Gasteiger charge is 2.23. The van der Waals surface area contributed by atoms with Crippen molar-refractivity contribution in [1.82, 2.24) is 5.32 Å². The summed E-state index contributed by atoms with van der Waals surface area (Å²) in [7, 11) is 0. The molecule has 19 heavy (non-hydrogen) atoms. The number of hydrogen-bond donors (Lipinski definition) is 3. The lowest BCUT2D eigenvalue weighted by Crippen LogP contribution is -2.47. The van der Waals surface area contributed by atoms with Crippen LogP contribution in [-0.2, 0) is 9.59 Å². The first-order chi connectivity index (χ1) is 8.91. The van der Waals surface area contributed by atoms with E-state index in [1.807, 2.05) is 31.2 Å². The normalized spacial score (nSPS) is 14.1. The summed E-state index contributed by atoms with van der Waals surface area (Å²) in [5.74, 6) is -1.83. The standard InChI is InChI=1S/C14H17NO4/c1-9-5-3-4-6-11(9)7-8-12(17)15-13(10(2)16)14(18)19/h3-8,10,13,16H,1-2H3,(H,15,17)(H,18,19)/b8-7+/t10-,13+/m1/s1. The minimum Gasteiger partial charge on any atom is -0.480 e. The van der Waals surface area contributed by atoms with Gasteiger partial charge in [0.25, 0.3) is 0 Å². The molecule has 0 unspecified atom stereocenters. The van der Waals surface area contributed by atoms with E-state index in [1.54, 1.807) is 6.08 Å². The molecule has 0 fully saturated rings. The zero-order valence-electron chi connectivity index (χ0n) is 10.8. The number of carbonyl (C=O) groups excluding carboxylic acids is 1. The Morgan fingerprint density at radius 2 is 1.95 bits per heavy atom. The van der Waals surface area contributed by atoms with Crippen LogP contribution < -0.4 is 5.32 Å². The molecule has 3 N–H and O–H groups in total. The summed E-state index contributed by atoms with van der Waals surface area (Å²) in [5.41, 5.74) is 1.89. The van der Waals surface area contributed by atoms with Crippen molar-refractivity contribution in [3.05, 3.63) is 41.5 Å². The highest BCUT2D eigenvalue weighted by Crippen LogP contribution is 2.08. The summed E-state index contributed by atoms with van der Waals surface area (Å²) < 4.78 is 0. The van der Waals surface area contributed by atoms with Crippen LogP contribution >= 0.6 is 0 Å². The monoisotopic (exact) mass is 263 g/mol. The van der Waals surface area contributed by atoms with Gasteiger partial charge in [-0.25, -0.2) is 4.79 Å². The lowest BCUT2D eigenvalue weighted by Gasteiger charge is -2.15. The van der Waals surface area contributed by atoms with E-state index in [0.29, 0.717) is 0 Å². The third-order valence-electron chi connectivity index (χ3n) is 2.65. The molecule has 1 rings (SSSR count). The van der Waals surface area contributed by atoms with Crippen LogP contribution in [0.1, 0.15) is 18.1 Å². The number of carboxylic acid groups (broad SMARTS) is 1. The average Bonchev–Trinajstić information content (AvgIpc) is 2.34. The lowest BCUT2D eigenvalue weighted by atomic mass is 10.1. The van der Waals surface area contributed by atoms with Gasteiger partial charge in [-0.15, -0.1) is 0 Å². The molecule has 0 saturated carbocycles. The number of amides is 1. The summed E-state index contributed by atoms with van der Waals surface area (Å²) in [5, 5.41) is 20.3. The molecule has 102 valence electrons. The molecule has 0 aliphatic rings. The number of hydrogen-bond acceptors (Lipinski definition) is 3. The van der Waals surface area contributed by atoms with Crippen LogP contribution in [0.5, 0.6) is 0 Å². The van der Waals surface area contributed by atoms with Gasteiger partial charge in [0.2, 0.25) is 5.91 Å². The van der Waals surface area contributed by atoms with Crippen molar-refractivity contribution in [1.29, 1.82) is 0 Å². The Kier molecular flexibility index (Phi) is 5.26. The van der Waals surface area contributed by atoms with Gasteiger partial charge in [0.1, 0.15) is 0 Å². The molecule has 5 nitrogen and oxygen atoms in total. The maximum atomic E-state index is 11.6. The fourth-order valence-electron chi connectivity index (χ4n) is 1.53. The van der Waals surface area contributed by atoms with Crippen LogP contribution in [0.4, 0.5) is 0 Å². The Morgan fingerprint density at radius 1 is 1.32 bits per heavy atom. The second-order valence-corrected chi connectivity index (χ2v) is 4.26. The number of rotatable bonds is 5. The van der Waals surface area contributed by atoms with Gasteiger partial charge in [-0.1, -0.05) is 24.3 Å². The molecular formula is C14H17NO4. The largest absolute Gasteiger partial charge is 0.480 e. The topological polar surface area (TPSA) is 86.6 Å². The van der Waals surface area contributed by atoms with Gasteiger partial charge in [-0.3, -0.25) is 4.79 Å². The quantitative estimate of drug-likeness (QED) is 0.690. The smallest absolute Gasteiger partial charge is 0.328 e. The summed E-state index contributed by atoms with van der Waals surface area (Å²) >= 11 is 0. The fourth-order valence-corrected chi connectivity index (χ4v) is 1.53. The number of benzene rings is 1. The minimum atomic E-state index is -1.31. The third kappa shape index (κ3) is 4.56. The van der Waals surface area contributed by atoms with Crippen molar-refractivity contribution in [2.45, 2.75) is 26.0 Å². The third-order valence-corrected chi connectivity index (χ3v) is 2.65. The molecule has 5 heteroatoms. The number of carboxylic acids is 1. The van der Waals surface area contributed by atoms with Crippen molar-refractivity contribution in [2.75, 3.05) is 0 Å². The molecule has 0 aliphatic heterocycles. The summed E-state index contributed by atoms with van der Waals surface area (Å²) in [6, 6.07) is 6.19. The van der Waals surface area contributed by atoms with Crippen molar-refractivity contribution in [3.8, 4) is 0 Å². The van der Waals surface area contributed by atoms with E-state index in [-0.39, 0.29) is 0 Å². The van der Waals surface area contributed by atoms with Crippen molar-refractivity contribution < 1.29 is 19.8 Å². The summed E-state index contributed by atoms with van der Waals surface area (Å²) in [4.78, 5) is 22.4. The summed E-state index contributed by atoms with van der Waals surface area (Å²) in [6.45, 7) is 3.22. The van der Waals surface area contributed by atoms with Gasteiger partial charge >= 0.3 is 5.97 Å². The Hall–Kier alpha value is -2.14. The molecule has 0 bridgehead atoms. The van der Waals surface area contributed by atoms with Gasteiger partial charge in [0.15, 0.2) is 6.04 Å². The Balaban J connectivity index is 2.70. The molecule has 0 radical (unpaired) electrons. The number of aliphatic hydroxyl groups excluding tert-OH is 1. The van der Waals surface area contributed by atoms with Crippen LogP contribution in [0.15, 0.2) is 30.3 Å². The van der Waals surface area contributed by atoms with Gasteiger partial charge in [0.05, 0.1) is 6.10 Å². The Labute approximate surface area is 111 Å². The van der Waals surface area contributed by atoms with Crippen LogP contribution in [0.25, 0.3) is 6.08 Å². The van der Waals surface area contributed by atoms with E-state index >= 15 is 0 Å². The fraction of sp³-hybridized carbons (Fsp3) is 0.286. The lowest BCUT2D eigenvalue weighted by molar-refractivity contribution is -0.144. The highest BCUT2D eigenvalue weighted by atomic mass is 16.4. The van der Waals surface area contributed by atoms with Crippen molar-refractivity contribution in [2.24, 2.45) is 0 Å². The first-order valence-corrected chi connectivity index (χ1v) is 5.87. The van der Waals surface area contributed by atoms with E-state index in [9.17, 15) is 14.7 Å². The first-order valence-electron chi connectivity index (χ1n) is 5.87. The number of nitrogens with one attached hydrogen (secondary N) is 1. The zero-order valence-corrected chi connectivity index (χ0v) is 10.8. The van der Waals surface area contributed by atoms with E-state index in [0.717, 1.165) is 11.1 Å². The molecule has 1 amide bonds. The Bertz CT molecular complexity index is 494. The molecule has 1 aromatic carbocycles. The van der Waals surface area contributed by atoms with Gasteiger partial charge in [-0.05, 0) is 31.1 Å². The van der Waals surface area contributed by atoms with Crippen LogP contribution in [-0.4, -0.2) is 34.2 Å². The highest BCUT2D eigenvalue weighted by molar-refractivity contribution is 5.94. The zero-order chi connectivity index (χ0) is 14.4. The number of aryl methyl sites for hydroxylation is 1. The molecule has 0 aliphatic carbocycles. The van der Waals surface area contributed by atoms with Crippen LogP contribution in [0, 0.1) is 6.92 Å². The molecule has 0 heterocycles. The van der Waals surface area contributed by atoms with E-state index in [1.165, 1.54) is 13.0 Å². The minimum absolute atomic E-state index is 0.559. The van der Waals surface area contributed by atoms with Gasteiger partial charge in [-0.2, -0.15) is 0 Å². The number of aliphatic hydroxyl groups is 1. The second-order valence-electron chi connectivity index (χ2n) is 4.26. The SMILES string of the molecule is Cc1ccccc1/C=C/C(=O)N[C@H](C(=O)O)[C@@H](C)O. The van der Waals surface area contributed by atoms with Crippen molar-refractivity contribution in [3.63, 3.8) is 0 Å². The van der Waals surface area contributed by atoms with Crippen LogP contribution in [0.2, 0.25) is 0 Å². The first kappa shape index (κ1) is 14.9. The number of carbonyl (C=O) groups is 2. The Morgan fingerprint density at radius 3 is 2.47 bits per heavy atom. The van der Waals surface area contributed by atoms with Crippen molar-refractivity contribution >= 4 is 18.0 Å². The van der Waals surface area contributed by atoms with Gasteiger partial charge in [0, 0.05) is 6.08 Å². The molecule has 0 saturated heterocycles. The summed E-state index contributed by atoms with van der Waals surface area (Å²) in [6.07, 6.45) is 1.69. The maximum absolute atomic E-state index is 11.6. The van der Waals surface area contributed by atoms with E-state index < -0.39 is 24.0 Å². The predicted molar refractivity (Wildman–Crippen MR) is 71.5 cm³/mol. The molecule has 0 aromatic heterocycles. The predicted octanol–water partition coefficient (Wildman–Crippen LogP) is 0.958. The molecular weight excluding hydrogens is 246 g/mol. The van der Waals surface area contributed by atoms with Gasteiger partial charge < -0.3 is 15.5 Å². The maximum Gasteiger partial charge on any atom is 0.328 e. The van der Waals surface area contributed by atoms with E-state index in [4.69, 9.17) is 5.11 Å². The molecule has 0 spiro atoms.